The van der Waals surface area contributed by atoms with Crippen LogP contribution in [0.4, 0.5) is 10.1 Å². The molecule has 0 aromatic heterocycles. The highest BCUT2D eigenvalue weighted by molar-refractivity contribution is 5.95. The molecular formula is C16H24FN3O. The Labute approximate surface area is 125 Å². The monoisotopic (exact) mass is 293 g/mol. The number of piperidine rings is 1. The molecule has 4 nitrogen and oxygen atoms in total. The number of likely N-dealkylation sites (tertiary alicyclic amines) is 1. The molecule has 0 atom stereocenters. The summed E-state index contributed by atoms with van der Waals surface area (Å²) < 4.78 is 13.7. The molecule has 1 aliphatic heterocycles. The lowest BCUT2D eigenvalue weighted by Gasteiger charge is -2.33. The van der Waals surface area contributed by atoms with E-state index >= 15 is 0 Å². The Kier molecular flexibility index (Phi) is 4.83. The van der Waals surface area contributed by atoms with Crippen LogP contribution in [0.15, 0.2) is 12.1 Å². The molecule has 1 aromatic rings. The summed E-state index contributed by atoms with van der Waals surface area (Å²) in [7, 11) is 4.13. The molecule has 1 aliphatic rings. The van der Waals surface area contributed by atoms with E-state index in [9.17, 15) is 9.18 Å². The van der Waals surface area contributed by atoms with E-state index in [1.165, 1.54) is 6.07 Å². The summed E-state index contributed by atoms with van der Waals surface area (Å²) in [6, 6.07) is 2.87. The smallest absolute Gasteiger partial charge is 0.254 e. The van der Waals surface area contributed by atoms with Crippen LogP contribution in [0.25, 0.3) is 0 Å². The zero-order chi connectivity index (χ0) is 15.6. The lowest BCUT2D eigenvalue weighted by molar-refractivity contribution is 0.0677. The topological polar surface area (TPSA) is 49.6 Å². The molecule has 1 fully saturated rings. The van der Waals surface area contributed by atoms with Crippen LogP contribution in [0.5, 0.6) is 0 Å². The van der Waals surface area contributed by atoms with E-state index in [0.29, 0.717) is 22.7 Å². The van der Waals surface area contributed by atoms with Crippen molar-refractivity contribution >= 4 is 11.6 Å². The van der Waals surface area contributed by atoms with Crippen molar-refractivity contribution in [3.63, 3.8) is 0 Å². The van der Waals surface area contributed by atoms with Crippen molar-refractivity contribution in [3.05, 3.63) is 29.1 Å². The summed E-state index contributed by atoms with van der Waals surface area (Å²) in [6.45, 7) is 4.12. The molecule has 1 heterocycles. The zero-order valence-corrected chi connectivity index (χ0v) is 13.0. The molecule has 0 bridgehead atoms. The first-order chi connectivity index (χ1) is 9.88. The number of carbonyl (C=O) groups is 1. The van der Waals surface area contributed by atoms with Crippen LogP contribution in [-0.4, -0.2) is 49.4 Å². The maximum atomic E-state index is 13.7. The lowest BCUT2D eigenvalue weighted by Crippen LogP contribution is -2.40. The highest BCUT2D eigenvalue weighted by Gasteiger charge is 2.24. The van der Waals surface area contributed by atoms with Crippen LogP contribution in [-0.2, 0) is 0 Å². The van der Waals surface area contributed by atoms with Crippen LogP contribution in [0, 0.1) is 18.7 Å². The van der Waals surface area contributed by atoms with Crippen molar-refractivity contribution in [1.82, 2.24) is 9.80 Å². The number of hydrogen-bond acceptors (Lipinski definition) is 3. The number of carbonyl (C=O) groups excluding carboxylic acids is 1. The molecule has 21 heavy (non-hydrogen) atoms. The van der Waals surface area contributed by atoms with E-state index < -0.39 is 5.82 Å². The number of rotatable bonds is 3. The normalized spacial score (nSPS) is 16.5. The van der Waals surface area contributed by atoms with Crippen molar-refractivity contribution in [2.24, 2.45) is 5.92 Å². The second-order valence-electron chi connectivity index (χ2n) is 6.17. The van der Waals surface area contributed by atoms with Gasteiger partial charge in [-0.2, -0.15) is 0 Å². The molecule has 2 rings (SSSR count). The molecule has 5 heteroatoms. The van der Waals surface area contributed by atoms with Gasteiger partial charge in [0, 0.05) is 36.4 Å². The predicted molar refractivity (Wildman–Crippen MR) is 82.7 cm³/mol. The van der Waals surface area contributed by atoms with Crippen LogP contribution < -0.4 is 5.73 Å². The molecule has 0 aliphatic carbocycles. The summed E-state index contributed by atoms with van der Waals surface area (Å²) >= 11 is 0. The zero-order valence-electron chi connectivity index (χ0n) is 13.0. The minimum atomic E-state index is -0.416. The van der Waals surface area contributed by atoms with Crippen molar-refractivity contribution < 1.29 is 9.18 Å². The molecule has 1 aromatic carbocycles. The number of nitrogens with two attached hydrogens (primary N) is 1. The number of hydrogen-bond donors (Lipinski definition) is 1. The summed E-state index contributed by atoms with van der Waals surface area (Å²) in [6.07, 6.45) is 1.99. The van der Waals surface area contributed by atoms with Gasteiger partial charge in [-0.25, -0.2) is 4.39 Å². The first-order valence-corrected chi connectivity index (χ1v) is 7.38. The third-order valence-electron chi connectivity index (χ3n) is 4.16. The van der Waals surface area contributed by atoms with Gasteiger partial charge >= 0.3 is 0 Å². The number of amides is 1. The van der Waals surface area contributed by atoms with E-state index in [2.05, 4.69) is 19.0 Å². The van der Waals surface area contributed by atoms with Crippen molar-refractivity contribution in [3.8, 4) is 0 Å². The van der Waals surface area contributed by atoms with Crippen LogP contribution in [0.3, 0.4) is 0 Å². The Balaban J connectivity index is 2.02. The molecule has 2 N–H and O–H groups in total. The molecule has 0 radical (unpaired) electrons. The summed E-state index contributed by atoms with van der Waals surface area (Å²) in [5.41, 5.74) is 6.83. The van der Waals surface area contributed by atoms with Gasteiger partial charge in [0.2, 0.25) is 0 Å². The first-order valence-electron chi connectivity index (χ1n) is 7.38. The number of anilines is 1. The van der Waals surface area contributed by atoms with Crippen LogP contribution in [0.2, 0.25) is 0 Å². The van der Waals surface area contributed by atoms with Crippen LogP contribution >= 0.6 is 0 Å². The Morgan fingerprint density at radius 2 is 2.00 bits per heavy atom. The van der Waals surface area contributed by atoms with E-state index in [-0.39, 0.29) is 5.91 Å². The predicted octanol–water partition coefficient (Wildman–Crippen LogP) is 2.13. The lowest BCUT2D eigenvalue weighted by atomic mass is 9.95. The van der Waals surface area contributed by atoms with E-state index in [0.717, 1.165) is 32.5 Å². The molecule has 1 saturated heterocycles. The Hall–Kier alpha value is -1.62. The summed E-state index contributed by atoms with van der Waals surface area (Å²) in [5.74, 6) is 0.0913. The fourth-order valence-electron chi connectivity index (χ4n) is 2.84. The van der Waals surface area contributed by atoms with Crippen molar-refractivity contribution in [2.45, 2.75) is 19.8 Å². The molecule has 0 unspecified atom stereocenters. The number of nitrogen functional groups attached to an aromatic ring is 1. The maximum Gasteiger partial charge on any atom is 0.254 e. The minimum Gasteiger partial charge on any atom is -0.398 e. The quantitative estimate of drug-likeness (QED) is 0.869. The molecule has 0 spiro atoms. The Morgan fingerprint density at radius 1 is 1.38 bits per heavy atom. The average Bonchev–Trinajstić information content (AvgIpc) is 2.43. The third-order valence-corrected chi connectivity index (χ3v) is 4.16. The van der Waals surface area contributed by atoms with Gasteiger partial charge < -0.3 is 15.5 Å². The SMILES string of the molecule is Cc1c(N)cc(C(=O)N2CCC(CN(C)C)CC2)cc1F. The molecule has 0 saturated carbocycles. The molecule has 1 amide bonds. The van der Waals surface area contributed by atoms with Gasteiger partial charge in [0.1, 0.15) is 5.82 Å². The van der Waals surface area contributed by atoms with E-state index in [1.54, 1.807) is 17.9 Å². The third kappa shape index (κ3) is 3.73. The summed E-state index contributed by atoms with van der Waals surface area (Å²) in [5, 5.41) is 0. The first kappa shape index (κ1) is 15.8. The average molecular weight is 293 g/mol. The second-order valence-corrected chi connectivity index (χ2v) is 6.17. The van der Waals surface area contributed by atoms with Gasteiger partial charge in [-0.15, -0.1) is 0 Å². The molecule has 116 valence electrons. The fourth-order valence-corrected chi connectivity index (χ4v) is 2.84. The molecular weight excluding hydrogens is 269 g/mol. The van der Waals surface area contributed by atoms with Gasteiger partial charge in [-0.3, -0.25) is 4.79 Å². The van der Waals surface area contributed by atoms with E-state index in [4.69, 9.17) is 5.73 Å². The minimum absolute atomic E-state index is 0.121. The number of halogens is 1. The highest BCUT2D eigenvalue weighted by atomic mass is 19.1. The van der Waals surface area contributed by atoms with E-state index in [1.807, 2.05) is 0 Å². The Morgan fingerprint density at radius 3 is 2.52 bits per heavy atom. The number of benzene rings is 1. The number of nitrogens with zero attached hydrogens (tertiary/aromatic N) is 2. The summed E-state index contributed by atoms with van der Waals surface area (Å²) in [4.78, 5) is 16.4. The fraction of sp³-hybridized carbons (Fsp3) is 0.562. The highest BCUT2D eigenvalue weighted by Crippen LogP contribution is 2.22. The van der Waals surface area contributed by atoms with Crippen molar-refractivity contribution in [1.29, 1.82) is 0 Å². The van der Waals surface area contributed by atoms with Gasteiger partial charge in [0.25, 0.3) is 5.91 Å². The largest absolute Gasteiger partial charge is 0.398 e. The van der Waals surface area contributed by atoms with Crippen molar-refractivity contribution in [2.75, 3.05) is 39.5 Å². The second kappa shape index (κ2) is 6.43. The maximum absolute atomic E-state index is 13.7. The Bertz CT molecular complexity index is 499. The van der Waals surface area contributed by atoms with Crippen LogP contribution in [0.1, 0.15) is 28.8 Å². The van der Waals surface area contributed by atoms with Gasteiger partial charge in [-0.1, -0.05) is 0 Å². The standard InChI is InChI=1S/C16H24FN3O/c1-11-14(17)8-13(9-15(11)18)16(21)20-6-4-12(5-7-20)10-19(2)3/h8-9,12H,4-7,10,18H2,1-3H3. The van der Waals surface area contributed by atoms with Gasteiger partial charge in [0.15, 0.2) is 0 Å². The van der Waals surface area contributed by atoms with Gasteiger partial charge in [-0.05, 0) is 51.9 Å². The van der Waals surface area contributed by atoms with Gasteiger partial charge in [0.05, 0.1) is 0 Å².